The number of nitriles is 1. The molecule has 0 bridgehead atoms. The van der Waals surface area contributed by atoms with Crippen molar-refractivity contribution in [3.63, 3.8) is 0 Å². The second-order valence-corrected chi connectivity index (χ2v) is 15.0. The Morgan fingerprint density at radius 3 is 2.60 bits per heavy atom. The van der Waals surface area contributed by atoms with Crippen LogP contribution in [0.15, 0.2) is 24.3 Å². The number of rotatable bonds is 8. The number of amides is 1. The predicted octanol–water partition coefficient (Wildman–Crippen LogP) is 3.59. The van der Waals surface area contributed by atoms with Crippen molar-refractivity contribution in [3.05, 3.63) is 30.0 Å². The third-order valence-electron chi connectivity index (χ3n) is 4.48. The number of benzene rings is 1. The summed E-state index contributed by atoms with van der Waals surface area (Å²) in [4.78, 5) is 17.4. The number of hydrogen-bond acceptors (Lipinski definition) is 6. The molecule has 30 heavy (non-hydrogen) atoms. The van der Waals surface area contributed by atoms with E-state index >= 15 is 0 Å². The van der Waals surface area contributed by atoms with Crippen LogP contribution in [0.25, 0.3) is 10.9 Å². The van der Waals surface area contributed by atoms with E-state index in [0.29, 0.717) is 17.2 Å². The Bertz CT molecular complexity index is 1020. The maximum absolute atomic E-state index is 12.7. The Labute approximate surface area is 188 Å². The number of aromatic nitrogens is 1. The summed E-state index contributed by atoms with van der Waals surface area (Å²) in [5, 5.41) is 14.3. The first-order valence-corrected chi connectivity index (χ1v) is 15.6. The largest absolute Gasteiger partial charge is 0.470 e. The highest BCUT2D eigenvalue weighted by atomic mass is 32.2. The summed E-state index contributed by atoms with van der Waals surface area (Å²) in [5.74, 6) is 3.44. The van der Waals surface area contributed by atoms with Gasteiger partial charge in [0.2, 0.25) is 5.44 Å². The van der Waals surface area contributed by atoms with Crippen LogP contribution in [0.3, 0.4) is 0 Å². The molecule has 0 spiro atoms. The first-order valence-electron chi connectivity index (χ1n) is 9.40. The zero-order chi connectivity index (χ0) is 22.5. The van der Waals surface area contributed by atoms with E-state index < -0.39 is 19.0 Å². The van der Waals surface area contributed by atoms with Gasteiger partial charge in [-0.15, -0.1) is 18.2 Å². The summed E-state index contributed by atoms with van der Waals surface area (Å²) >= 11 is 2.78. The average molecular weight is 458 g/mol. The number of carbonyl (C=O) groups excluding carboxylic acids is 1. The van der Waals surface area contributed by atoms with Crippen molar-refractivity contribution < 1.29 is 9.53 Å². The molecule has 0 aliphatic rings. The Morgan fingerprint density at radius 1 is 1.37 bits per heavy atom. The van der Waals surface area contributed by atoms with Crippen molar-refractivity contribution in [3.8, 4) is 24.2 Å². The summed E-state index contributed by atoms with van der Waals surface area (Å²) in [5.41, 5.74) is -0.230. The van der Waals surface area contributed by atoms with Gasteiger partial charge in [0.1, 0.15) is 17.0 Å². The minimum absolute atomic E-state index is 0.329. The van der Waals surface area contributed by atoms with Crippen LogP contribution >= 0.6 is 23.5 Å². The van der Waals surface area contributed by atoms with Crippen molar-refractivity contribution >= 4 is 53.6 Å². The van der Waals surface area contributed by atoms with Crippen LogP contribution in [0, 0.1) is 23.7 Å². The number of ether oxygens (including phenoxy) is 1. The standard InChI is InChI=1S/C22H27N3O2S2Si/c1-8-17-19(30(5,6)7)12-15-11-16(9-10-18(15)24-17)27-21(29-4)20(26)25-22(2,13-23)14-28-3/h1,9-12,21H,14H2,2-7H3,(H,25,26). The molecule has 5 nitrogen and oxygen atoms in total. The molecular weight excluding hydrogens is 430 g/mol. The lowest BCUT2D eigenvalue weighted by molar-refractivity contribution is -0.125. The molecule has 0 aliphatic carbocycles. The van der Waals surface area contributed by atoms with Crippen molar-refractivity contribution in [1.82, 2.24) is 10.3 Å². The van der Waals surface area contributed by atoms with Crippen LogP contribution in [0.1, 0.15) is 12.6 Å². The maximum atomic E-state index is 12.7. The van der Waals surface area contributed by atoms with Crippen LogP contribution < -0.4 is 15.2 Å². The van der Waals surface area contributed by atoms with Gasteiger partial charge in [-0.2, -0.15) is 17.0 Å². The summed E-state index contributed by atoms with van der Waals surface area (Å²) in [6.45, 7) is 8.39. The Hall–Kier alpha value is -2.13. The Balaban J connectivity index is 2.32. The molecule has 1 aromatic carbocycles. The molecule has 0 saturated carbocycles. The molecule has 8 heteroatoms. The van der Waals surface area contributed by atoms with Crippen LogP contribution in [0.4, 0.5) is 0 Å². The highest BCUT2D eigenvalue weighted by Gasteiger charge is 2.30. The molecule has 0 radical (unpaired) electrons. The number of nitrogens with one attached hydrogen (secondary N) is 1. The van der Waals surface area contributed by atoms with Gasteiger partial charge in [-0.1, -0.05) is 31.6 Å². The minimum Gasteiger partial charge on any atom is -0.470 e. The summed E-state index contributed by atoms with van der Waals surface area (Å²) in [6.07, 6.45) is 9.38. The normalized spacial score (nSPS) is 14.3. The third kappa shape index (κ3) is 5.72. The van der Waals surface area contributed by atoms with E-state index in [4.69, 9.17) is 11.2 Å². The third-order valence-corrected chi connectivity index (χ3v) is 8.08. The molecular formula is C22H27N3O2S2Si. The van der Waals surface area contributed by atoms with Gasteiger partial charge in [0.15, 0.2) is 0 Å². The van der Waals surface area contributed by atoms with E-state index in [0.717, 1.165) is 16.1 Å². The fraction of sp³-hybridized carbons (Fsp3) is 0.409. The number of hydrogen-bond donors (Lipinski definition) is 1. The van der Waals surface area contributed by atoms with Crippen molar-refractivity contribution in [2.75, 3.05) is 18.3 Å². The molecule has 1 aromatic heterocycles. The number of nitrogens with zero attached hydrogens (tertiary/aromatic N) is 2. The van der Waals surface area contributed by atoms with Crippen LogP contribution in [-0.2, 0) is 4.79 Å². The van der Waals surface area contributed by atoms with Gasteiger partial charge < -0.3 is 10.1 Å². The molecule has 1 heterocycles. The highest BCUT2D eigenvalue weighted by molar-refractivity contribution is 7.99. The van der Waals surface area contributed by atoms with Gasteiger partial charge in [0.25, 0.3) is 5.91 Å². The second-order valence-electron chi connectivity index (χ2n) is 8.19. The Kier molecular flexibility index (Phi) is 7.87. The van der Waals surface area contributed by atoms with Gasteiger partial charge >= 0.3 is 0 Å². The zero-order valence-electron chi connectivity index (χ0n) is 18.2. The van der Waals surface area contributed by atoms with E-state index in [1.165, 1.54) is 23.5 Å². The molecule has 2 unspecified atom stereocenters. The molecule has 158 valence electrons. The average Bonchev–Trinajstić information content (AvgIpc) is 2.70. The first-order chi connectivity index (χ1) is 14.1. The van der Waals surface area contributed by atoms with Gasteiger partial charge in [0, 0.05) is 11.1 Å². The van der Waals surface area contributed by atoms with Gasteiger partial charge in [0.05, 0.1) is 19.7 Å². The molecule has 0 fully saturated rings. The van der Waals surface area contributed by atoms with Gasteiger partial charge in [-0.25, -0.2) is 4.98 Å². The van der Waals surface area contributed by atoms with Crippen molar-refractivity contribution in [2.24, 2.45) is 0 Å². The predicted molar refractivity (Wildman–Crippen MR) is 131 cm³/mol. The lowest BCUT2D eigenvalue weighted by Crippen LogP contribution is -2.51. The summed E-state index contributed by atoms with van der Waals surface area (Å²) in [6, 6.07) is 9.78. The van der Waals surface area contributed by atoms with E-state index in [9.17, 15) is 10.1 Å². The number of fused-ring (bicyclic) bond motifs is 1. The van der Waals surface area contributed by atoms with E-state index in [1.54, 1.807) is 19.2 Å². The molecule has 0 aliphatic heterocycles. The smallest absolute Gasteiger partial charge is 0.273 e. The monoisotopic (exact) mass is 457 g/mol. The van der Waals surface area contributed by atoms with Crippen LogP contribution in [0.2, 0.25) is 19.6 Å². The van der Waals surface area contributed by atoms with Crippen molar-refractivity contribution in [1.29, 1.82) is 5.26 Å². The second kappa shape index (κ2) is 9.78. The number of thioether (sulfide) groups is 2. The van der Waals surface area contributed by atoms with Crippen LogP contribution in [0.5, 0.6) is 5.75 Å². The molecule has 1 amide bonds. The van der Waals surface area contributed by atoms with E-state index in [1.807, 2.05) is 18.4 Å². The van der Waals surface area contributed by atoms with E-state index in [2.05, 4.69) is 48.0 Å². The van der Waals surface area contributed by atoms with Crippen molar-refractivity contribution in [2.45, 2.75) is 37.5 Å². The number of carbonyl (C=O) groups is 1. The highest BCUT2D eigenvalue weighted by Crippen LogP contribution is 2.24. The number of pyridine rings is 1. The quantitative estimate of drug-likeness (QED) is 0.371. The fourth-order valence-corrected chi connectivity index (χ4v) is 5.58. The Morgan fingerprint density at radius 2 is 2.07 bits per heavy atom. The summed E-state index contributed by atoms with van der Waals surface area (Å²) in [7, 11) is -1.68. The molecule has 2 atom stereocenters. The first kappa shape index (κ1) is 24.1. The molecule has 0 saturated heterocycles. The van der Waals surface area contributed by atoms with Gasteiger partial charge in [-0.3, -0.25) is 4.79 Å². The van der Waals surface area contributed by atoms with Gasteiger partial charge in [-0.05, 0) is 42.8 Å². The SMILES string of the molecule is C#Cc1nc2ccc(OC(SC)C(=O)NC(C)(C#N)CSC)cc2cc1[Si](C)(C)C. The zero-order valence-corrected chi connectivity index (χ0v) is 20.8. The van der Waals surface area contributed by atoms with Crippen LogP contribution in [-0.4, -0.2) is 48.2 Å². The molecule has 2 rings (SSSR count). The topological polar surface area (TPSA) is 75.0 Å². The number of terminal acetylenes is 1. The maximum Gasteiger partial charge on any atom is 0.273 e. The summed E-state index contributed by atoms with van der Waals surface area (Å²) < 4.78 is 5.96. The van der Waals surface area contributed by atoms with E-state index in [-0.39, 0.29) is 5.91 Å². The lowest BCUT2D eigenvalue weighted by Gasteiger charge is -2.25. The fourth-order valence-electron chi connectivity index (χ4n) is 2.96. The minimum atomic E-state index is -1.68. The molecule has 1 N–H and O–H groups in total. The molecule has 2 aromatic rings. The lowest BCUT2D eigenvalue weighted by atomic mass is 10.1.